The van der Waals surface area contributed by atoms with Crippen molar-refractivity contribution in [3.05, 3.63) is 23.4 Å². The first-order valence-corrected chi connectivity index (χ1v) is 8.00. The van der Waals surface area contributed by atoms with E-state index in [0.717, 1.165) is 18.0 Å². The first kappa shape index (κ1) is 15.1. The molecule has 1 aliphatic heterocycles. The number of carbonyl (C=O) groups is 1. The molecule has 0 aromatic carbocycles. The third kappa shape index (κ3) is 3.52. The van der Waals surface area contributed by atoms with E-state index in [0.29, 0.717) is 31.3 Å². The maximum atomic E-state index is 11.7. The molecule has 7 nitrogen and oxygen atoms in total. The number of piperazine rings is 1. The van der Waals surface area contributed by atoms with Crippen molar-refractivity contribution in [3.63, 3.8) is 0 Å². The number of rotatable bonds is 5. The van der Waals surface area contributed by atoms with Gasteiger partial charge in [0.25, 0.3) is 0 Å². The molecule has 0 saturated carbocycles. The van der Waals surface area contributed by atoms with Crippen molar-refractivity contribution in [2.24, 2.45) is 0 Å². The quantitative estimate of drug-likeness (QED) is 0.820. The summed E-state index contributed by atoms with van der Waals surface area (Å²) >= 11 is 1.59. The molecule has 8 heteroatoms. The van der Waals surface area contributed by atoms with Crippen molar-refractivity contribution in [1.29, 1.82) is 0 Å². The lowest BCUT2D eigenvalue weighted by molar-refractivity contribution is -0.137. The van der Waals surface area contributed by atoms with Crippen LogP contribution >= 0.6 is 11.3 Å². The highest BCUT2D eigenvalue weighted by Gasteiger charge is 2.22. The summed E-state index contributed by atoms with van der Waals surface area (Å²) in [5.74, 6) is 1.29. The molecule has 3 heterocycles. The minimum absolute atomic E-state index is 0.0416. The van der Waals surface area contributed by atoms with Crippen LogP contribution in [-0.2, 0) is 16.1 Å². The van der Waals surface area contributed by atoms with E-state index in [-0.39, 0.29) is 12.5 Å². The number of hydrogen-bond donors (Lipinski definition) is 0. The predicted molar refractivity (Wildman–Crippen MR) is 81.3 cm³/mol. The average molecular weight is 322 g/mol. The van der Waals surface area contributed by atoms with Gasteiger partial charge in [0.15, 0.2) is 0 Å². The monoisotopic (exact) mass is 322 g/mol. The molecule has 1 aliphatic rings. The van der Waals surface area contributed by atoms with Gasteiger partial charge in [-0.15, -0.1) is 11.3 Å². The van der Waals surface area contributed by atoms with Crippen LogP contribution in [0, 0.1) is 0 Å². The molecule has 1 fully saturated rings. The lowest BCUT2D eigenvalue weighted by atomic mass is 10.3. The summed E-state index contributed by atoms with van der Waals surface area (Å²) in [5.41, 5.74) is 0. The summed E-state index contributed by atoms with van der Waals surface area (Å²) in [6, 6.07) is 3.94. The van der Waals surface area contributed by atoms with E-state index in [1.165, 1.54) is 7.11 Å². The highest BCUT2D eigenvalue weighted by molar-refractivity contribution is 7.13. The second-order valence-corrected chi connectivity index (χ2v) is 6.03. The van der Waals surface area contributed by atoms with Crippen LogP contribution in [0.15, 0.2) is 22.0 Å². The number of thiophene rings is 1. The number of carbonyl (C=O) groups excluding carboxylic acids is 1. The highest BCUT2D eigenvalue weighted by atomic mass is 32.1. The van der Waals surface area contributed by atoms with Crippen LogP contribution in [0.3, 0.4) is 0 Å². The van der Waals surface area contributed by atoms with E-state index in [1.807, 2.05) is 22.4 Å². The molecule has 0 N–H and O–H groups in total. The summed E-state index contributed by atoms with van der Waals surface area (Å²) in [5, 5.41) is 6.00. The Kier molecular flexibility index (Phi) is 4.81. The molecule has 3 rings (SSSR count). The first-order chi connectivity index (χ1) is 10.8. The van der Waals surface area contributed by atoms with Crippen molar-refractivity contribution in [2.75, 3.05) is 39.9 Å². The summed E-state index contributed by atoms with van der Waals surface area (Å²) in [6.07, 6.45) is 0. The summed E-state index contributed by atoms with van der Waals surface area (Å²) in [6.45, 7) is 3.76. The molecule has 2 aromatic rings. The molecule has 0 aliphatic carbocycles. The van der Waals surface area contributed by atoms with Crippen molar-refractivity contribution in [1.82, 2.24) is 19.9 Å². The molecule has 118 valence electrons. The van der Waals surface area contributed by atoms with Gasteiger partial charge in [-0.25, -0.2) is 0 Å². The Hall–Kier alpha value is -1.77. The van der Waals surface area contributed by atoms with E-state index in [9.17, 15) is 4.79 Å². The van der Waals surface area contributed by atoms with Gasteiger partial charge in [0.1, 0.15) is 6.61 Å². The molecule has 0 radical (unpaired) electrons. The van der Waals surface area contributed by atoms with Crippen molar-refractivity contribution < 1.29 is 14.1 Å². The lowest BCUT2D eigenvalue weighted by Gasteiger charge is -2.33. The van der Waals surface area contributed by atoms with E-state index in [1.54, 1.807) is 11.3 Å². The Labute approximate surface area is 132 Å². The lowest BCUT2D eigenvalue weighted by Crippen LogP contribution is -2.49. The third-order valence-corrected chi connectivity index (χ3v) is 4.43. The zero-order chi connectivity index (χ0) is 15.4. The van der Waals surface area contributed by atoms with Crippen LogP contribution in [-0.4, -0.2) is 65.7 Å². The Morgan fingerprint density at radius 1 is 1.41 bits per heavy atom. The van der Waals surface area contributed by atoms with Crippen LogP contribution in [0.25, 0.3) is 10.7 Å². The molecule has 22 heavy (non-hydrogen) atoms. The van der Waals surface area contributed by atoms with E-state index < -0.39 is 0 Å². The van der Waals surface area contributed by atoms with Gasteiger partial charge in [-0.3, -0.25) is 9.69 Å². The van der Waals surface area contributed by atoms with Gasteiger partial charge in [0.05, 0.1) is 11.4 Å². The summed E-state index contributed by atoms with van der Waals surface area (Å²) in [4.78, 5) is 21.2. The molecular formula is C14H18N4O3S. The van der Waals surface area contributed by atoms with Gasteiger partial charge in [-0.05, 0) is 11.4 Å². The summed E-state index contributed by atoms with van der Waals surface area (Å²) < 4.78 is 10.2. The van der Waals surface area contributed by atoms with E-state index in [4.69, 9.17) is 9.26 Å². The van der Waals surface area contributed by atoms with Crippen LogP contribution in [0.1, 0.15) is 5.89 Å². The van der Waals surface area contributed by atoms with Gasteiger partial charge >= 0.3 is 0 Å². The van der Waals surface area contributed by atoms with Crippen molar-refractivity contribution >= 4 is 17.2 Å². The van der Waals surface area contributed by atoms with Crippen molar-refractivity contribution in [2.45, 2.75) is 6.54 Å². The minimum atomic E-state index is 0.0416. The van der Waals surface area contributed by atoms with Gasteiger partial charge in [-0.1, -0.05) is 11.2 Å². The largest absolute Gasteiger partial charge is 0.375 e. The molecule has 1 amide bonds. The fourth-order valence-corrected chi connectivity index (χ4v) is 3.04. The second kappa shape index (κ2) is 6.99. The number of aromatic nitrogens is 2. The number of amides is 1. The van der Waals surface area contributed by atoms with E-state index >= 15 is 0 Å². The van der Waals surface area contributed by atoms with Crippen LogP contribution in [0.4, 0.5) is 0 Å². The molecule has 0 unspecified atom stereocenters. The molecule has 0 bridgehead atoms. The molecule has 1 saturated heterocycles. The van der Waals surface area contributed by atoms with Gasteiger partial charge in [0.2, 0.25) is 17.6 Å². The smallest absolute Gasteiger partial charge is 0.248 e. The van der Waals surface area contributed by atoms with Crippen LogP contribution in [0.5, 0.6) is 0 Å². The number of methoxy groups -OCH3 is 1. The Morgan fingerprint density at radius 2 is 2.23 bits per heavy atom. The Balaban J connectivity index is 1.52. The zero-order valence-corrected chi connectivity index (χ0v) is 13.2. The van der Waals surface area contributed by atoms with Crippen LogP contribution < -0.4 is 0 Å². The SMILES string of the molecule is COCC(=O)N1CCN(Cc2nc(-c3cccs3)no2)CC1. The van der Waals surface area contributed by atoms with E-state index in [2.05, 4.69) is 15.0 Å². The third-order valence-electron chi connectivity index (χ3n) is 3.56. The zero-order valence-electron chi connectivity index (χ0n) is 12.4. The average Bonchev–Trinajstić information content (AvgIpc) is 3.19. The normalized spacial score (nSPS) is 16.1. The van der Waals surface area contributed by atoms with Gasteiger partial charge in [-0.2, -0.15) is 4.98 Å². The van der Waals surface area contributed by atoms with Gasteiger partial charge < -0.3 is 14.2 Å². The van der Waals surface area contributed by atoms with Crippen LogP contribution in [0.2, 0.25) is 0 Å². The number of ether oxygens (including phenoxy) is 1. The molecule has 0 spiro atoms. The first-order valence-electron chi connectivity index (χ1n) is 7.12. The summed E-state index contributed by atoms with van der Waals surface area (Å²) in [7, 11) is 1.54. The topological polar surface area (TPSA) is 71.7 Å². The molecule has 0 atom stereocenters. The highest BCUT2D eigenvalue weighted by Crippen LogP contribution is 2.21. The predicted octanol–water partition coefficient (Wildman–Crippen LogP) is 1.09. The number of hydrogen-bond acceptors (Lipinski definition) is 7. The molecule has 2 aromatic heterocycles. The Morgan fingerprint density at radius 3 is 2.91 bits per heavy atom. The van der Waals surface area contributed by atoms with Crippen molar-refractivity contribution in [3.8, 4) is 10.7 Å². The molecular weight excluding hydrogens is 304 g/mol. The maximum absolute atomic E-state index is 11.7. The standard InChI is InChI=1S/C14H18N4O3S/c1-20-10-13(19)18-6-4-17(5-7-18)9-12-15-14(16-21-12)11-3-2-8-22-11/h2-3,8H,4-7,9-10H2,1H3. The second-order valence-electron chi connectivity index (χ2n) is 5.08. The van der Waals surface area contributed by atoms with Gasteiger partial charge in [0, 0.05) is 33.3 Å². The minimum Gasteiger partial charge on any atom is -0.375 e. The Bertz CT molecular complexity index is 605. The fourth-order valence-electron chi connectivity index (χ4n) is 2.39. The fraction of sp³-hybridized carbons (Fsp3) is 0.500. The maximum Gasteiger partial charge on any atom is 0.248 e. The number of nitrogens with zero attached hydrogens (tertiary/aromatic N) is 4.